The summed E-state index contributed by atoms with van der Waals surface area (Å²) in [5.74, 6) is 1.71. The molecule has 0 radical (unpaired) electrons. The molecule has 3 nitrogen and oxygen atoms in total. The van der Waals surface area contributed by atoms with Gasteiger partial charge in [-0.25, -0.2) is 4.99 Å². The average molecular weight is 362 g/mol. The first-order valence-corrected chi connectivity index (χ1v) is 9.88. The van der Waals surface area contributed by atoms with E-state index in [0.29, 0.717) is 11.8 Å². The van der Waals surface area contributed by atoms with Crippen LogP contribution in [-0.4, -0.2) is 23.6 Å². The van der Waals surface area contributed by atoms with Gasteiger partial charge in [0, 0.05) is 5.56 Å². The number of hydrogen-bond acceptors (Lipinski definition) is 3. The summed E-state index contributed by atoms with van der Waals surface area (Å²) in [6.45, 7) is 14.0. The molecule has 0 aromatic heterocycles. The maximum Gasteiger partial charge on any atom is 0.148 e. The molecule has 1 aliphatic rings. The number of rotatable bonds is 5. The second-order valence-corrected chi connectivity index (χ2v) is 8.59. The van der Waals surface area contributed by atoms with E-state index in [-0.39, 0.29) is 5.54 Å². The molecule has 3 rings (SSSR count). The molecular formula is C24H31N3. The fourth-order valence-corrected chi connectivity index (χ4v) is 3.41. The topological polar surface area (TPSA) is 36.8 Å². The van der Waals surface area contributed by atoms with E-state index in [0.717, 1.165) is 29.3 Å². The second-order valence-electron chi connectivity index (χ2n) is 8.59. The van der Waals surface area contributed by atoms with Gasteiger partial charge in [-0.2, -0.15) is 0 Å². The molecule has 1 aliphatic heterocycles. The van der Waals surface area contributed by atoms with Gasteiger partial charge >= 0.3 is 0 Å². The third-order valence-electron chi connectivity index (χ3n) is 4.93. The van der Waals surface area contributed by atoms with Crippen LogP contribution in [0, 0.1) is 0 Å². The van der Waals surface area contributed by atoms with Gasteiger partial charge in [0.05, 0.1) is 17.8 Å². The summed E-state index contributed by atoms with van der Waals surface area (Å²) < 4.78 is 0. The SMILES string of the molecule is CC(C)c1cccc(C(C)C)c1N=C(C1=NCC(C)(C)N1)c1ccccc1. The van der Waals surface area contributed by atoms with Crippen molar-refractivity contribution >= 4 is 17.2 Å². The lowest BCUT2D eigenvalue weighted by atomic mass is 9.92. The molecule has 0 saturated heterocycles. The monoisotopic (exact) mass is 361 g/mol. The molecule has 0 saturated carbocycles. The van der Waals surface area contributed by atoms with Crippen LogP contribution in [0.3, 0.4) is 0 Å². The van der Waals surface area contributed by atoms with Crippen LogP contribution in [0.2, 0.25) is 0 Å². The van der Waals surface area contributed by atoms with Gasteiger partial charge in [-0.05, 0) is 36.8 Å². The molecule has 0 unspecified atom stereocenters. The quantitative estimate of drug-likeness (QED) is 0.668. The minimum Gasteiger partial charge on any atom is -0.362 e. The largest absolute Gasteiger partial charge is 0.362 e. The van der Waals surface area contributed by atoms with Crippen LogP contribution in [0.5, 0.6) is 0 Å². The van der Waals surface area contributed by atoms with Gasteiger partial charge in [-0.3, -0.25) is 4.99 Å². The van der Waals surface area contributed by atoms with E-state index < -0.39 is 0 Å². The molecule has 27 heavy (non-hydrogen) atoms. The molecule has 1 heterocycles. The predicted octanol–water partition coefficient (Wildman–Crippen LogP) is 5.83. The fourth-order valence-electron chi connectivity index (χ4n) is 3.41. The zero-order chi connectivity index (χ0) is 19.6. The first kappa shape index (κ1) is 19.3. The van der Waals surface area contributed by atoms with Gasteiger partial charge in [-0.15, -0.1) is 0 Å². The van der Waals surface area contributed by atoms with Gasteiger partial charge in [0.1, 0.15) is 11.5 Å². The van der Waals surface area contributed by atoms with Gasteiger partial charge < -0.3 is 5.32 Å². The van der Waals surface area contributed by atoms with Crippen molar-refractivity contribution in [2.24, 2.45) is 9.98 Å². The molecule has 0 bridgehead atoms. The molecule has 2 aromatic carbocycles. The lowest BCUT2D eigenvalue weighted by Gasteiger charge is -2.21. The summed E-state index contributed by atoms with van der Waals surface area (Å²) in [6, 6.07) is 16.9. The highest BCUT2D eigenvalue weighted by atomic mass is 15.1. The van der Waals surface area contributed by atoms with Crippen LogP contribution in [-0.2, 0) is 0 Å². The van der Waals surface area contributed by atoms with E-state index in [1.54, 1.807) is 0 Å². The molecule has 0 atom stereocenters. The van der Waals surface area contributed by atoms with Gasteiger partial charge in [0.15, 0.2) is 0 Å². The van der Waals surface area contributed by atoms with Gasteiger partial charge in [0.2, 0.25) is 0 Å². The van der Waals surface area contributed by atoms with E-state index in [2.05, 4.69) is 89.3 Å². The smallest absolute Gasteiger partial charge is 0.148 e. The van der Waals surface area contributed by atoms with Crippen molar-refractivity contribution in [1.82, 2.24) is 5.32 Å². The summed E-state index contributed by atoms with van der Waals surface area (Å²) in [5.41, 5.74) is 5.64. The van der Waals surface area contributed by atoms with Gasteiger partial charge in [0.25, 0.3) is 0 Å². The van der Waals surface area contributed by atoms with E-state index in [9.17, 15) is 0 Å². The molecule has 0 fully saturated rings. The molecule has 142 valence electrons. The second kappa shape index (κ2) is 7.67. The molecule has 0 amide bonds. The Morgan fingerprint density at radius 2 is 1.52 bits per heavy atom. The van der Waals surface area contributed by atoms with Crippen LogP contribution in [0.1, 0.15) is 70.1 Å². The Morgan fingerprint density at radius 1 is 0.926 bits per heavy atom. The Labute approximate surface area is 163 Å². The highest BCUT2D eigenvalue weighted by molar-refractivity contribution is 6.48. The first-order valence-electron chi connectivity index (χ1n) is 9.88. The van der Waals surface area contributed by atoms with Gasteiger partial charge in [-0.1, -0.05) is 76.2 Å². The van der Waals surface area contributed by atoms with Crippen LogP contribution in [0.25, 0.3) is 0 Å². The number of nitrogens with zero attached hydrogens (tertiary/aromatic N) is 2. The van der Waals surface area contributed by atoms with Crippen molar-refractivity contribution in [3.05, 3.63) is 65.2 Å². The Bertz CT molecular complexity index is 832. The third kappa shape index (κ3) is 4.29. The summed E-state index contributed by atoms with van der Waals surface area (Å²) in [6.07, 6.45) is 0. The number of nitrogens with one attached hydrogen (secondary N) is 1. The lowest BCUT2D eigenvalue weighted by Crippen LogP contribution is -2.42. The Hall–Kier alpha value is -2.42. The van der Waals surface area contributed by atoms with Crippen molar-refractivity contribution in [2.45, 2.75) is 58.9 Å². The molecule has 3 heteroatoms. The number of para-hydroxylation sites is 1. The summed E-state index contributed by atoms with van der Waals surface area (Å²) in [7, 11) is 0. The number of benzene rings is 2. The Balaban J connectivity index is 2.21. The molecule has 0 spiro atoms. The maximum atomic E-state index is 5.24. The minimum atomic E-state index is -0.0384. The van der Waals surface area contributed by atoms with E-state index in [1.807, 2.05) is 6.07 Å². The van der Waals surface area contributed by atoms with Crippen molar-refractivity contribution < 1.29 is 0 Å². The fraction of sp³-hybridized carbons (Fsp3) is 0.417. The number of aliphatic imine (C=N–C) groups is 2. The molecule has 1 N–H and O–H groups in total. The molecule has 2 aromatic rings. The number of hydrogen-bond donors (Lipinski definition) is 1. The third-order valence-corrected chi connectivity index (χ3v) is 4.93. The van der Waals surface area contributed by atoms with Crippen molar-refractivity contribution in [3.63, 3.8) is 0 Å². The zero-order valence-electron chi connectivity index (χ0n) is 17.4. The predicted molar refractivity (Wildman–Crippen MR) is 117 cm³/mol. The standard InChI is InChI=1S/C24H31N3/c1-16(2)19-13-10-14-20(17(3)4)22(19)26-21(18-11-8-7-9-12-18)23-25-15-24(5,6)27-23/h7-14,16-17H,15H2,1-6H3,(H,25,27). The van der Waals surface area contributed by atoms with E-state index in [4.69, 9.17) is 9.98 Å². The maximum absolute atomic E-state index is 5.24. The highest BCUT2D eigenvalue weighted by Gasteiger charge is 2.28. The Morgan fingerprint density at radius 3 is 2.00 bits per heavy atom. The van der Waals surface area contributed by atoms with Crippen molar-refractivity contribution in [2.75, 3.05) is 6.54 Å². The van der Waals surface area contributed by atoms with E-state index >= 15 is 0 Å². The first-order chi connectivity index (χ1) is 12.8. The van der Waals surface area contributed by atoms with Crippen molar-refractivity contribution in [3.8, 4) is 0 Å². The minimum absolute atomic E-state index is 0.0384. The average Bonchev–Trinajstić information content (AvgIpc) is 2.99. The Kier molecular flexibility index (Phi) is 5.50. The lowest BCUT2D eigenvalue weighted by molar-refractivity contribution is 0.507. The summed E-state index contributed by atoms with van der Waals surface area (Å²) in [4.78, 5) is 10.0. The van der Waals surface area contributed by atoms with Crippen LogP contribution in [0.15, 0.2) is 58.5 Å². The van der Waals surface area contributed by atoms with Crippen LogP contribution >= 0.6 is 0 Å². The molecular weight excluding hydrogens is 330 g/mol. The van der Waals surface area contributed by atoms with Crippen molar-refractivity contribution in [1.29, 1.82) is 0 Å². The van der Waals surface area contributed by atoms with E-state index in [1.165, 1.54) is 11.1 Å². The van der Waals surface area contributed by atoms with Crippen LogP contribution < -0.4 is 5.32 Å². The summed E-state index contributed by atoms with van der Waals surface area (Å²) >= 11 is 0. The number of amidine groups is 1. The van der Waals surface area contributed by atoms with Crippen LogP contribution in [0.4, 0.5) is 5.69 Å². The summed E-state index contributed by atoms with van der Waals surface area (Å²) in [5, 5.41) is 3.57. The highest BCUT2D eigenvalue weighted by Crippen LogP contribution is 2.35. The molecule has 0 aliphatic carbocycles. The zero-order valence-corrected chi connectivity index (χ0v) is 17.4. The normalized spacial score (nSPS) is 16.6.